The molecule has 1 aliphatic rings. The minimum Gasteiger partial charge on any atom is -0.362 e. The first-order valence-corrected chi connectivity index (χ1v) is 8.51. The Balaban J connectivity index is 1.68. The molecule has 1 aromatic heterocycles. The van der Waals surface area contributed by atoms with E-state index in [1.807, 2.05) is 0 Å². The standard InChI is InChI=1S/C17H29N3O3/c1-12-18-16(23-20-12)11-22-10-15(21)19-14-7-5-6-13(8-9-14)17(2,3)4/h13-14H,5-11H2,1-4H3,(H,19,21)/t13-,14-/m1/s1. The van der Waals surface area contributed by atoms with E-state index in [9.17, 15) is 4.79 Å². The summed E-state index contributed by atoms with van der Waals surface area (Å²) in [4.78, 5) is 16.0. The third kappa shape index (κ3) is 5.94. The first-order chi connectivity index (χ1) is 10.8. The summed E-state index contributed by atoms with van der Waals surface area (Å²) in [5, 5.41) is 6.77. The van der Waals surface area contributed by atoms with Crippen molar-refractivity contribution in [2.45, 2.75) is 72.4 Å². The molecule has 23 heavy (non-hydrogen) atoms. The van der Waals surface area contributed by atoms with Gasteiger partial charge in [-0.25, -0.2) is 0 Å². The van der Waals surface area contributed by atoms with Gasteiger partial charge in [-0.05, 0) is 43.9 Å². The Hall–Kier alpha value is -1.43. The van der Waals surface area contributed by atoms with Gasteiger partial charge < -0.3 is 14.6 Å². The van der Waals surface area contributed by atoms with E-state index in [1.165, 1.54) is 19.3 Å². The molecule has 6 nitrogen and oxygen atoms in total. The van der Waals surface area contributed by atoms with E-state index in [-0.39, 0.29) is 25.2 Å². The molecule has 1 aliphatic carbocycles. The van der Waals surface area contributed by atoms with Crippen LogP contribution in [0, 0.1) is 18.3 Å². The number of aromatic nitrogens is 2. The number of aryl methyl sites for hydroxylation is 1. The molecule has 0 bridgehead atoms. The molecule has 1 N–H and O–H groups in total. The summed E-state index contributed by atoms with van der Waals surface area (Å²) in [5.74, 6) is 1.64. The van der Waals surface area contributed by atoms with E-state index in [0.29, 0.717) is 17.1 Å². The first kappa shape index (κ1) is 17.9. The fourth-order valence-corrected chi connectivity index (χ4v) is 3.21. The maximum Gasteiger partial charge on any atom is 0.252 e. The Morgan fingerprint density at radius 3 is 2.74 bits per heavy atom. The summed E-state index contributed by atoms with van der Waals surface area (Å²) >= 11 is 0. The molecule has 1 saturated carbocycles. The highest BCUT2D eigenvalue weighted by molar-refractivity contribution is 5.77. The number of amides is 1. The molecule has 0 radical (unpaired) electrons. The minimum atomic E-state index is -0.0690. The third-order valence-electron chi connectivity index (χ3n) is 4.59. The summed E-state index contributed by atoms with van der Waals surface area (Å²) in [6.45, 7) is 8.87. The second kappa shape index (κ2) is 7.90. The van der Waals surface area contributed by atoms with Crippen molar-refractivity contribution in [1.82, 2.24) is 15.5 Å². The molecule has 130 valence electrons. The summed E-state index contributed by atoms with van der Waals surface area (Å²) in [7, 11) is 0. The Morgan fingerprint density at radius 2 is 2.09 bits per heavy atom. The van der Waals surface area contributed by atoms with E-state index in [2.05, 4.69) is 36.2 Å². The van der Waals surface area contributed by atoms with Crippen LogP contribution in [0.2, 0.25) is 0 Å². The van der Waals surface area contributed by atoms with Crippen molar-refractivity contribution in [1.29, 1.82) is 0 Å². The third-order valence-corrected chi connectivity index (χ3v) is 4.59. The van der Waals surface area contributed by atoms with Crippen LogP contribution in [0.1, 0.15) is 64.6 Å². The molecular formula is C17H29N3O3. The molecule has 2 atom stereocenters. The highest BCUT2D eigenvalue weighted by Crippen LogP contribution is 2.36. The van der Waals surface area contributed by atoms with Crippen molar-refractivity contribution in [2.24, 2.45) is 11.3 Å². The number of rotatable bonds is 5. The second-order valence-corrected chi connectivity index (χ2v) is 7.56. The monoisotopic (exact) mass is 323 g/mol. The molecule has 0 unspecified atom stereocenters. The van der Waals surface area contributed by atoms with Crippen molar-refractivity contribution in [3.05, 3.63) is 11.7 Å². The maximum atomic E-state index is 12.0. The van der Waals surface area contributed by atoms with Gasteiger partial charge in [0.25, 0.3) is 5.89 Å². The van der Waals surface area contributed by atoms with E-state index in [1.54, 1.807) is 6.92 Å². The zero-order valence-electron chi connectivity index (χ0n) is 14.7. The van der Waals surface area contributed by atoms with Crippen LogP contribution in [0.3, 0.4) is 0 Å². The van der Waals surface area contributed by atoms with Crippen molar-refractivity contribution >= 4 is 5.91 Å². The zero-order chi connectivity index (χ0) is 16.9. The lowest BCUT2D eigenvalue weighted by molar-refractivity contribution is -0.127. The van der Waals surface area contributed by atoms with Gasteiger partial charge in [-0.2, -0.15) is 4.98 Å². The number of nitrogens with one attached hydrogen (secondary N) is 1. The van der Waals surface area contributed by atoms with Crippen LogP contribution in [0.5, 0.6) is 0 Å². The SMILES string of the molecule is Cc1noc(COCC(=O)N[C@@H]2CCC[C@@H](C(C)(C)C)CC2)n1. The normalized spacial score (nSPS) is 22.6. The molecule has 0 saturated heterocycles. The number of nitrogens with zero attached hydrogens (tertiary/aromatic N) is 2. The fraction of sp³-hybridized carbons (Fsp3) is 0.824. The van der Waals surface area contributed by atoms with Gasteiger partial charge in [0, 0.05) is 6.04 Å². The lowest BCUT2D eigenvalue weighted by Crippen LogP contribution is -2.37. The van der Waals surface area contributed by atoms with Gasteiger partial charge in [-0.3, -0.25) is 4.79 Å². The lowest BCUT2D eigenvalue weighted by atomic mass is 9.76. The molecule has 1 aromatic rings. The van der Waals surface area contributed by atoms with Crippen molar-refractivity contribution in [2.75, 3.05) is 6.61 Å². The van der Waals surface area contributed by atoms with Crippen LogP contribution in [0.25, 0.3) is 0 Å². The number of ether oxygens (including phenoxy) is 1. The Kier molecular flexibility index (Phi) is 6.16. The van der Waals surface area contributed by atoms with E-state index < -0.39 is 0 Å². The highest BCUT2D eigenvalue weighted by atomic mass is 16.5. The molecular weight excluding hydrogens is 294 g/mol. The van der Waals surface area contributed by atoms with Crippen LogP contribution in [-0.4, -0.2) is 28.7 Å². The first-order valence-electron chi connectivity index (χ1n) is 8.51. The van der Waals surface area contributed by atoms with Crippen LogP contribution >= 0.6 is 0 Å². The predicted molar refractivity (Wildman–Crippen MR) is 86.7 cm³/mol. The van der Waals surface area contributed by atoms with Crippen molar-refractivity contribution in [3.63, 3.8) is 0 Å². The molecule has 1 amide bonds. The Labute approximate surface area is 138 Å². The highest BCUT2D eigenvalue weighted by Gasteiger charge is 2.28. The molecule has 0 aliphatic heterocycles. The molecule has 0 aromatic carbocycles. The van der Waals surface area contributed by atoms with E-state index in [0.717, 1.165) is 18.8 Å². The molecule has 6 heteroatoms. The average molecular weight is 323 g/mol. The van der Waals surface area contributed by atoms with Crippen LogP contribution in [0.4, 0.5) is 0 Å². The summed E-state index contributed by atoms with van der Waals surface area (Å²) in [5.41, 5.74) is 0.351. The molecule has 2 rings (SSSR count). The summed E-state index contributed by atoms with van der Waals surface area (Å²) in [6.07, 6.45) is 5.71. The van der Waals surface area contributed by atoms with Crippen molar-refractivity contribution < 1.29 is 14.1 Å². The van der Waals surface area contributed by atoms with Gasteiger partial charge >= 0.3 is 0 Å². The predicted octanol–water partition coefficient (Wildman–Crippen LogP) is 3.01. The van der Waals surface area contributed by atoms with Gasteiger partial charge in [0.05, 0.1) is 0 Å². The second-order valence-electron chi connectivity index (χ2n) is 7.56. The largest absolute Gasteiger partial charge is 0.362 e. The minimum absolute atomic E-state index is 0.0284. The summed E-state index contributed by atoms with van der Waals surface area (Å²) < 4.78 is 10.3. The van der Waals surface area contributed by atoms with Crippen LogP contribution in [0.15, 0.2) is 4.52 Å². The van der Waals surface area contributed by atoms with E-state index in [4.69, 9.17) is 9.26 Å². The Morgan fingerprint density at radius 1 is 1.30 bits per heavy atom. The maximum absolute atomic E-state index is 12.0. The van der Waals surface area contributed by atoms with Gasteiger partial charge in [-0.1, -0.05) is 32.3 Å². The van der Waals surface area contributed by atoms with Gasteiger partial charge in [0.1, 0.15) is 13.2 Å². The van der Waals surface area contributed by atoms with Gasteiger partial charge in [0.2, 0.25) is 5.91 Å². The number of carbonyl (C=O) groups is 1. The van der Waals surface area contributed by atoms with Crippen LogP contribution in [-0.2, 0) is 16.1 Å². The number of hydrogen-bond acceptors (Lipinski definition) is 5. The number of hydrogen-bond donors (Lipinski definition) is 1. The summed E-state index contributed by atoms with van der Waals surface area (Å²) in [6, 6.07) is 0.268. The topological polar surface area (TPSA) is 77.2 Å². The lowest BCUT2D eigenvalue weighted by Gasteiger charge is -2.29. The molecule has 0 spiro atoms. The van der Waals surface area contributed by atoms with Crippen molar-refractivity contribution in [3.8, 4) is 0 Å². The van der Waals surface area contributed by atoms with E-state index >= 15 is 0 Å². The zero-order valence-corrected chi connectivity index (χ0v) is 14.7. The molecule has 1 heterocycles. The quantitative estimate of drug-likeness (QED) is 0.843. The Bertz CT molecular complexity index is 507. The van der Waals surface area contributed by atoms with Gasteiger partial charge in [0.15, 0.2) is 5.82 Å². The average Bonchev–Trinajstić information content (AvgIpc) is 2.72. The van der Waals surface area contributed by atoms with Gasteiger partial charge in [-0.15, -0.1) is 0 Å². The fourth-order valence-electron chi connectivity index (χ4n) is 3.21. The smallest absolute Gasteiger partial charge is 0.252 e. The molecule has 1 fully saturated rings. The van der Waals surface area contributed by atoms with Crippen LogP contribution < -0.4 is 5.32 Å². The number of carbonyl (C=O) groups excluding carboxylic acids is 1.